The first kappa shape index (κ1) is 15.4. The topological polar surface area (TPSA) is 67.2 Å². The van der Waals surface area contributed by atoms with Crippen LogP contribution in [0.25, 0.3) is 11.3 Å². The molecule has 2 heterocycles. The molecule has 1 aromatic carbocycles. The molecular weight excluding hydrogens is 292 g/mol. The van der Waals surface area contributed by atoms with Crippen molar-refractivity contribution in [3.8, 4) is 11.3 Å². The number of rotatable bonds is 3. The summed E-state index contributed by atoms with van der Waals surface area (Å²) < 4.78 is 1.32. The van der Waals surface area contributed by atoms with Crippen molar-refractivity contribution < 1.29 is 4.79 Å². The van der Waals surface area contributed by atoms with Crippen LogP contribution in [0.2, 0.25) is 0 Å². The van der Waals surface area contributed by atoms with Crippen molar-refractivity contribution in [1.82, 2.24) is 20.0 Å². The molecule has 1 unspecified atom stereocenters. The maximum absolute atomic E-state index is 12.0. The van der Waals surface area contributed by atoms with Crippen LogP contribution in [0.3, 0.4) is 0 Å². The minimum atomic E-state index is -0.128. The van der Waals surface area contributed by atoms with Crippen molar-refractivity contribution in [2.24, 2.45) is 7.05 Å². The van der Waals surface area contributed by atoms with Gasteiger partial charge in [-0.15, -0.1) is 0 Å². The van der Waals surface area contributed by atoms with E-state index in [-0.39, 0.29) is 17.5 Å². The molecule has 1 fully saturated rings. The lowest BCUT2D eigenvalue weighted by atomic mass is 10.1. The Hall–Kier alpha value is -2.47. The molecule has 3 rings (SSSR count). The fraction of sp³-hybridized carbons (Fsp3) is 0.353. The van der Waals surface area contributed by atoms with E-state index >= 15 is 0 Å². The molecule has 6 nitrogen and oxygen atoms in total. The number of benzene rings is 1. The largest absolute Gasteiger partial charge is 0.333 e. The number of amides is 1. The Kier molecular flexibility index (Phi) is 4.25. The molecule has 0 aliphatic carbocycles. The van der Waals surface area contributed by atoms with Gasteiger partial charge in [0.1, 0.15) is 0 Å². The third-order valence-electron chi connectivity index (χ3n) is 4.13. The number of carbonyl (C=O) groups is 1. The number of piperazine rings is 1. The van der Waals surface area contributed by atoms with Crippen LogP contribution >= 0.6 is 0 Å². The first-order chi connectivity index (χ1) is 11.0. The quantitative estimate of drug-likeness (QED) is 0.909. The fourth-order valence-corrected chi connectivity index (χ4v) is 2.72. The molecule has 1 aliphatic rings. The highest BCUT2D eigenvalue weighted by Crippen LogP contribution is 2.18. The summed E-state index contributed by atoms with van der Waals surface area (Å²) in [5.74, 6) is 0.132. The highest BCUT2D eigenvalue weighted by atomic mass is 16.2. The monoisotopic (exact) mass is 312 g/mol. The number of hydrogen-bond acceptors (Lipinski definition) is 4. The molecule has 0 radical (unpaired) electrons. The van der Waals surface area contributed by atoms with Gasteiger partial charge in [0.05, 0.1) is 12.2 Å². The van der Waals surface area contributed by atoms with Crippen LogP contribution in [0.15, 0.2) is 41.2 Å². The Labute approximate surface area is 134 Å². The molecule has 1 N–H and O–H groups in total. The molecule has 6 heteroatoms. The Morgan fingerprint density at radius 2 is 1.91 bits per heavy atom. The molecule has 0 bridgehead atoms. The third-order valence-corrected chi connectivity index (χ3v) is 4.13. The van der Waals surface area contributed by atoms with Crippen molar-refractivity contribution in [2.45, 2.75) is 19.5 Å². The molecule has 0 saturated carbocycles. The van der Waals surface area contributed by atoms with Crippen molar-refractivity contribution in [3.05, 3.63) is 52.3 Å². The molecule has 1 saturated heterocycles. The van der Waals surface area contributed by atoms with E-state index in [2.05, 4.69) is 10.4 Å². The molecule has 1 amide bonds. The smallest absolute Gasteiger partial charge is 0.266 e. The van der Waals surface area contributed by atoms with Crippen LogP contribution in [0, 0.1) is 0 Å². The summed E-state index contributed by atoms with van der Waals surface area (Å²) in [5, 5.41) is 7.36. The minimum absolute atomic E-state index is 0.128. The molecule has 2 aromatic rings. The van der Waals surface area contributed by atoms with Crippen LogP contribution in [0.1, 0.15) is 12.5 Å². The van der Waals surface area contributed by atoms with Gasteiger partial charge in [-0.2, -0.15) is 5.10 Å². The van der Waals surface area contributed by atoms with E-state index in [1.807, 2.05) is 36.1 Å². The van der Waals surface area contributed by atoms with Gasteiger partial charge in [0, 0.05) is 37.8 Å². The lowest BCUT2D eigenvalue weighted by Gasteiger charge is -2.34. The summed E-state index contributed by atoms with van der Waals surface area (Å²) >= 11 is 0. The lowest BCUT2D eigenvalue weighted by Crippen LogP contribution is -2.52. The van der Waals surface area contributed by atoms with Gasteiger partial charge in [0.2, 0.25) is 5.91 Å². The Morgan fingerprint density at radius 1 is 1.17 bits per heavy atom. The summed E-state index contributed by atoms with van der Waals surface area (Å²) in [5.41, 5.74) is 2.66. The molecule has 0 spiro atoms. The second-order valence-electron chi connectivity index (χ2n) is 5.88. The number of aromatic nitrogens is 2. The predicted octanol–water partition coefficient (Wildman–Crippen LogP) is 0.768. The SMILES string of the molecule is CC1CNCC(=O)N1Cc1ccc(-c2ccc(=O)n(C)n2)cc1. The first-order valence-electron chi connectivity index (χ1n) is 7.68. The van der Waals surface area contributed by atoms with Gasteiger partial charge in [-0.05, 0) is 18.6 Å². The van der Waals surface area contributed by atoms with Crippen molar-refractivity contribution >= 4 is 5.91 Å². The number of nitrogens with one attached hydrogen (secondary N) is 1. The normalized spacial score (nSPS) is 18.3. The number of nitrogens with zero attached hydrogens (tertiary/aromatic N) is 3. The van der Waals surface area contributed by atoms with Crippen molar-refractivity contribution in [3.63, 3.8) is 0 Å². The summed E-state index contributed by atoms with van der Waals surface area (Å²) in [4.78, 5) is 25.3. The number of aryl methyl sites for hydroxylation is 1. The maximum atomic E-state index is 12.0. The van der Waals surface area contributed by atoms with E-state index in [9.17, 15) is 9.59 Å². The molecule has 1 aliphatic heterocycles. The van der Waals surface area contributed by atoms with Gasteiger partial charge in [-0.1, -0.05) is 24.3 Å². The Morgan fingerprint density at radius 3 is 2.57 bits per heavy atom. The maximum Gasteiger partial charge on any atom is 0.266 e. The summed E-state index contributed by atoms with van der Waals surface area (Å²) in [7, 11) is 1.64. The van der Waals surface area contributed by atoms with Gasteiger partial charge >= 0.3 is 0 Å². The van der Waals surface area contributed by atoms with Gasteiger partial charge in [-0.25, -0.2) is 4.68 Å². The van der Waals surface area contributed by atoms with Crippen LogP contribution in [-0.2, 0) is 18.4 Å². The van der Waals surface area contributed by atoms with E-state index in [1.165, 1.54) is 10.7 Å². The average Bonchev–Trinajstić information content (AvgIpc) is 2.54. The molecule has 23 heavy (non-hydrogen) atoms. The highest BCUT2D eigenvalue weighted by Gasteiger charge is 2.24. The second kappa shape index (κ2) is 6.34. The zero-order valence-electron chi connectivity index (χ0n) is 13.3. The second-order valence-corrected chi connectivity index (χ2v) is 5.88. The van der Waals surface area contributed by atoms with E-state index in [0.29, 0.717) is 13.1 Å². The zero-order valence-corrected chi connectivity index (χ0v) is 13.3. The van der Waals surface area contributed by atoms with Gasteiger partial charge in [-0.3, -0.25) is 9.59 Å². The highest BCUT2D eigenvalue weighted by molar-refractivity contribution is 5.79. The minimum Gasteiger partial charge on any atom is -0.333 e. The van der Waals surface area contributed by atoms with E-state index < -0.39 is 0 Å². The summed E-state index contributed by atoms with van der Waals surface area (Å²) in [6.07, 6.45) is 0. The standard InChI is InChI=1S/C17H20N4O2/c1-12-9-18-10-17(23)21(12)11-13-3-5-14(6-4-13)15-7-8-16(22)20(2)19-15/h3-8,12,18H,9-11H2,1-2H3. The summed E-state index contributed by atoms with van der Waals surface area (Å²) in [6, 6.07) is 11.4. The molecule has 120 valence electrons. The summed E-state index contributed by atoms with van der Waals surface area (Å²) in [6.45, 7) is 3.89. The average molecular weight is 312 g/mol. The predicted molar refractivity (Wildman–Crippen MR) is 87.8 cm³/mol. The third kappa shape index (κ3) is 3.32. The first-order valence-corrected chi connectivity index (χ1v) is 7.68. The Balaban J connectivity index is 1.77. The Bertz CT molecular complexity index is 767. The van der Waals surface area contributed by atoms with E-state index in [0.717, 1.165) is 23.4 Å². The molecular formula is C17H20N4O2. The fourth-order valence-electron chi connectivity index (χ4n) is 2.72. The van der Waals surface area contributed by atoms with E-state index in [1.54, 1.807) is 13.1 Å². The van der Waals surface area contributed by atoms with Crippen molar-refractivity contribution in [2.75, 3.05) is 13.1 Å². The van der Waals surface area contributed by atoms with Gasteiger partial charge < -0.3 is 10.2 Å². The van der Waals surface area contributed by atoms with Crippen LogP contribution in [-0.4, -0.2) is 39.7 Å². The number of carbonyl (C=O) groups excluding carboxylic acids is 1. The zero-order chi connectivity index (χ0) is 16.4. The molecule has 1 aromatic heterocycles. The van der Waals surface area contributed by atoms with Gasteiger partial charge in [0.25, 0.3) is 5.56 Å². The van der Waals surface area contributed by atoms with Gasteiger partial charge in [0.15, 0.2) is 0 Å². The van der Waals surface area contributed by atoms with Crippen LogP contribution in [0.5, 0.6) is 0 Å². The lowest BCUT2D eigenvalue weighted by molar-refractivity contribution is -0.135. The van der Waals surface area contributed by atoms with Crippen LogP contribution in [0.4, 0.5) is 0 Å². The number of hydrogen-bond donors (Lipinski definition) is 1. The van der Waals surface area contributed by atoms with Crippen LogP contribution < -0.4 is 10.9 Å². The molecule has 1 atom stereocenters. The van der Waals surface area contributed by atoms with E-state index in [4.69, 9.17) is 0 Å². The van der Waals surface area contributed by atoms with Crippen molar-refractivity contribution in [1.29, 1.82) is 0 Å².